The predicted molar refractivity (Wildman–Crippen MR) is 112 cm³/mol. The van der Waals surface area contributed by atoms with Crippen LogP contribution in [0.2, 0.25) is 0 Å². The molecule has 2 rings (SSSR count). The van der Waals surface area contributed by atoms with Crippen molar-refractivity contribution in [3.8, 4) is 0 Å². The number of hydrogen-bond acceptors (Lipinski definition) is 2. The van der Waals surface area contributed by atoms with Crippen molar-refractivity contribution in [2.24, 2.45) is 0 Å². The highest BCUT2D eigenvalue weighted by molar-refractivity contribution is 5.95. The molecule has 0 saturated carbocycles. The zero-order chi connectivity index (χ0) is 20.2. The Kier molecular flexibility index (Phi) is 6.42. The van der Waals surface area contributed by atoms with Crippen LogP contribution in [-0.4, -0.2) is 18.4 Å². The maximum Gasteiger partial charge on any atom is 0.226 e. The van der Waals surface area contributed by atoms with E-state index in [1.165, 1.54) is 12.5 Å². The molecule has 0 aliphatic heterocycles. The molecule has 2 amide bonds. The molecule has 27 heavy (non-hydrogen) atoms. The van der Waals surface area contributed by atoms with Gasteiger partial charge < -0.3 is 10.2 Å². The number of nitrogens with one attached hydrogen (secondary N) is 1. The maximum absolute atomic E-state index is 12.4. The Morgan fingerprint density at radius 3 is 2.19 bits per heavy atom. The lowest BCUT2D eigenvalue weighted by molar-refractivity contribution is -0.117. The van der Waals surface area contributed by atoms with Crippen molar-refractivity contribution in [1.29, 1.82) is 0 Å². The van der Waals surface area contributed by atoms with Gasteiger partial charge in [0.15, 0.2) is 0 Å². The van der Waals surface area contributed by atoms with Crippen molar-refractivity contribution in [3.05, 3.63) is 59.2 Å². The summed E-state index contributed by atoms with van der Waals surface area (Å²) in [4.78, 5) is 26.1. The van der Waals surface area contributed by atoms with E-state index < -0.39 is 0 Å². The van der Waals surface area contributed by atoms with Crippen LogP contribution < -0.4 is 10.2 Å². The van der Waals surface area contributed by atoms with Gasteiger partial charge in [0.2, 0.25) is 11.8 Å². The van der Waals surface area contributed by atoms with E-state index in [2.05, 4.69) is 26.1 Å². The number of benzene rings is 2. The predicted octanol–water partition coefficient (Wildman–Crippen LogP) is 4.98. The van der Waals surface area contributed by atoms with Gasteiger partial charge in [-0.1, -0.05) is 45.0 Å². The second-order valence-corrected chi connectivity index (χ2v) is 8.09. The average Bonchev–Trinajstić information content (AvgIpc) is 2.57. The van der Waals surface area contributed by atoms with Gasteiger partial charge in [-0.3, -0.25) is 9.59 Å². The summed E-state index contributed by atoms with van der Waals surface area (Å²) in [5.74, 6) is -0.166. The van der Waals surface area contributed by atoms with Gasteiger partial charge in [0.25, 0.3) is 0 Å². The van der Waals surface area contributed by atoms with Gasteiger partial charge >= 0.3 is 0 Å². The first-order valence-electron chi connectivity index (χ1n) is 9.33. The van der Waals surface area contributed by atoms with Gasteiger partial charge in [-0.05, 0) is 54.2 Å². The maximum atomic E-state index is 12.4. The summed E-state index contributed by atoms with van der Waals surface area (Å²) in [5.41, 5.74) is 5.05. The molecule has 0 aliphatic rings. The number of anilines is 2. The summed E-state index contributed by atoms with van der Waals surface area (Å²) in [7, 11) is 0. The normalized spacial score (nSPS) is 11.2. The van der Waals surface area contributed by atoms with Crippen LogP contribution in [0.5, 0.6) is 0 Å². The highest BCUT2D eigenvalue weighted by Gasteiger charge is 2.16. The molecule has 0 saturated heterocycles. The van der Waals surface area contributed by atoms with Crippen molar-refractivity contribution >= 4 is 23.2 Å². The fourth-order valence-corrected chi connectivity index (χ4v) is 2.95. The molecular weight excluding hydrogens is 336 g/mol. The minimum atomic E-state index is -0.102. The van der Waals surface area contributed by atoms with E-state index >= 15 is 0 Å². The molecule has 0 spiro atoms. The molecule has 0 aromatic heterocycles. The Morgan fingerprint density at radius 1 is 1.00 bits per heavy atom. The van der Waals surface area contributed by atoms with Crippen LogP contribution >= 0.6 is 0 Å². The average molecular weight is 367 g/mol. The Morgan fingerprint density at radius 2 is 1.63 bits per heavy atom. The van der Waals surface area contributed by atoms with Crippen molar-refractivity contribution < 1.29 is 9.59 Å². The van der Waals surface area contributed by atoms with Crippen LogP contribution in [0.15, 0.2) is 42.5 Å². The molecule has 1 N–H and O–H groups in total. The summed E-state index contributed by atoms with van der Waals surface area (Å²) < 4.78 is 0. The third kappa shape index (κ3) is 5.68. The molecule has 0 bridgehead atoms. The first-order valence-corrected chi connectivity index (χ1v) is 9.33. The molecule has 0 atom stereocenters. The Bertz CT molecular complexity index is 817. The lowest BCUT2D eigenvalue weighted by Crippen LogP contribution is -2.32. The first-order chi connectivity index (χ1) is 12.6. The van der Waals surface area contributed by atoms with Crippen LogP contribution in [0.1, 0.15) is 50.8 Å². The number of carbonyl (C=O) groups excluding carboxylic acids is 2. The molecule has 0 unspecified atom stereocenters. The number of amides is 2. The monoisotopic (exact) mass is 366 g/mol. The quantitative estimate of drug-likeness (QED) is 0.811. The number of carbonyl (C=O) groups is 2. The molecule has 144 valence electrons. The molecule has 2 aromatic carbocycles. The van der Waals surface area contributed by atoms with Crippen LogP contribution in [0.3, 0.4) is 0 Å². The standard InChI is InChI=1S/C23H30N2O2/c1-16-7-8-17(2)21(15-16)25(18(3)26)14-13-22(27)24-20-11-9-19(10-12-20)23(4,5)6/h7-12,15H,13-14H2,1-6H3,(H,24,27). The van der Waals surface area contributed by atoms with Crippen molar-refractivity contribution in [1.82, 2.24) is 0 Å². The van der Waals surface area contributed by atoms with Gasteiger partial charge in [-0.2, -0.15) is 0 Å². The highest BCUT2D eigenvalue weighted by atomic mass is 16.2. The van der Waals surface area contributed by atoms with E-state index in [1.54, 1.807) is 4.90 Å². The van der Waals surface area contributed by atoms with E-state index in [-0.39, 0.29) is 23.7 Å². The van der Waals surface area contributed by atoms with Crippen molar-refractivity contribution in [2.45, 2.75) is 53.4 Å². The molecular formula is C23H30N2O2. The van der Waals surface area contributed by atoms with Gasteiger partial charge in [0, 0.05) is 31.3 Å². The smallest absolute Gasteiger partial charge is 0.226 e. The Balaban J connectivity index is 2.02. The largest absolute Gasteiger partial charge is 0.326 e. The van der Waals surface area contributed by atoms with Crippen LogP contribution in [0.4, 0.5) is 11.4 Å². The summed E-state index contributed by atoms with van der Waals surface area (Å²) in [6.07, 6.45) is 0.244. The van der Waals surface area contributed by atoms with Gasteiger partial charge in [0.05, 0.1) is 0 Å². The van der Waals surface area contributed by atoms with Crippen LogP contribution in [-0.2, 0) is 15.0 Å². The SMILES string of the molecule is CC(=O)N(CCC(=O)Nc1ccc(C(C)(C)C)cc1)c1cc(C)ccc1C. The molecule has 0 aliphatic carbocycles. The van der Waals surface area contributed by atoms with E-state index in [0.29, 0.717) is 6.54 Å². The van der Waals surface area contributed by atoms with Crippen LogP contribution in [0.25, 0.3) is 0 Å². The molecule has 2 aromatic rings. The summed E-state index contributed by atoms with van der Waals surface area (Å²) in [5, 5.41) is 2.92. The summed E-state index contributed by atoms with van der Waals surface area (Å²) in [6.45, 7) is 12.3. The molecule has 4 heteroatoms. The Labute approximate surface area is 162 Å². The van der Waals surface area contributed by atoms with Crippen molar-refractivity contribution in [3.63, 3.8) is 0 Å². The number of aryl methyl sites for hydroxylation is 2. The number of hydrogen-bond donors (Lipinski definition) is 1. The van der Waals surface area contributed by atoms with Crippen LogP contribution in [0, 0.1) is 13.8 Å². The number of nitrogens with zero attached hydrogens (tertiary/aromatic N) is 1. The summed E-state index contributed by atoms with van der Waals surface area (Å²) >= 11 is 0. The minimum Gasteiger partial charge on any atom is -0.326 e. The van der Waals surface area contributed by atoms with E-state index in [9.17, 15) is 9.59 Å². The second kappa shape index (κ2) is 8.38. The van der Waals surface area contributed by atoms with Gasteiger partial charge in [-0.15, -0.1) is 0 Å². The topological polar surface area (TPSA) is 49.4 Å². The zero-order valence-corrected chi connectivity index (χ0v) is 17.2. The first kappa shape index (κ1) is 20.7. The lowest BCUT2D eigenvalue weighted by Gasteiger charge is -2.23. The van der Waals surface area contributed by atoms with E-state index in [1.807, 2.05) is 56.3 Å². The fraction of sp³-hybridized carbons (Fsp3) is 0.391. The third-order valence-corrected chi connectivity index (χ3v) is 4.63. The molecule has 4 nitrogen and oxygen atoms in total. The molecule has 0 heterocycles. The molecule has 0 fully saturated rings. The molecule has 0 radical (unpaired) electrons. The zero-order valence-electron chi connectivity index (χ0n) is 17.2. The van der Waals surface area contributed by atoms with E-state index in [4.69, 9.17) is 0 Å². The van der Waals surface area contributed by atoms with Gasteiger partial charge in [0.1, 0.15) is 0 Å². The van der Waals surface area contributed by atoms with Gasteiger partial charge in [-0.25, -0.2) is 0 Å². The fourth-order valence-electron chi connectivity index (χ4n) is 2.95. The van der Waals surface area contributed by atoms with E-state index in [0.717, 1.165) is 22.5 Å². The third-order valence-electron chi connectivity index (χ3n) is 4.63. The number of rotatable bonds is 5. The Hall–Kier alpha value is -2.62. The lowest BCUT2D eigenvalue weighted by atomic mass is 9.87. The second-order valence-electron chi connectivity index (χ2n) is 8.09. The van der Waals surface area contributed by atoms with Crippen molar-refractivity contribution in [2.75, 3.05) is 16.8 Å². The summed E-state index contributed by atoms with van der Waals surface area (Å²) in [6, 6.07) is 13.9. The highest BCUT2D eigenvalue weighted by Crippen LogP contribution is 2.24. The minimum absolute atomic E-state index is 0.0639.